The molecule has 0 fully saturated rings. The van der Waals surface area contributed by atoms with Crippen molar-refractivity contribution in [1.82, 2.24) is 15.1 Å². The Bertz CT molecular complexity index is 1090. The van der Waals surface area contributed by atoms with Crippen LogP contribution in [0.25, 0.3) is 0 Å². The maximum Gasteiger partial charge on any atom is 0.317 e. The predicted octanol–water partition coefficient (Wildman–Crippen LogP) is 3.14. The van der Waals surface area contributed by atoms with Gasteiger partial charge in [-0.3, -0.25) is 9.59 Å². The molecule has 3 N–H and O–H groups in total. The first-order valence-corrected chi connectivity index (χ1v) is 12.7. The lowest BCUT2D eigenvalue weighted by Crippen LogP contribution is -2.51. The van der Waals surface area contributed by atoms with E-state index in [1.165, 1.54) is 0 Å². The Labute approximate surface area is 218 Å². The summed E-state index contributed by atoms with van der Waals surface area (Å²) in [6.45, 7) is 8.00. The van der Waals surface area contributed by atoms with Crippen LogP contribution in [0.15, 0.2) is 48.5 Å². The van der Waals surface area contributed by atoms with Crippen molar-refractivity contribution in [2.24, 2.45) is 5.92 Å². The second-order valence-electron chi connectivity index (χ2n) is 10.0. The Balaban J connectivity index is 1.87. The normalized spacial score (nSPS) is 18.2. The van der Waals surface area contributed by atoms with Crippen molar-refractivity contribution in [2.45, 2.75) is 52.3 Å². The first-order valence-electron chi connectivity index (χ1n) is 12.7. The highest BCUT2D eigenvalue weighted by Gasteiger charge is 2.34. The van der Waals surface area contributed by atoms with Crippen LogP contribution >= 0.6 is 0 Å². The SMILES string of the molecule is CC(C)NC(=O)N(C)C[C@H]1Oc2ccc(NC(=O)Cc3ccccc3)cc2C(=O)N([C@H](C)CO)C[C@H]1C. The second kappa shape index (κ2) is 12.6. The minimum Gasteiger partial charge on any atom is -0.487 e. The number of rotatable bonds is 8. The van der Waals surface area contributed by atoms with Gasteiger partial charge in [-0.2, -0.15) is 0 Å². The van der Waals surface area contributed by atoms with Crippen LogP contribution in [0.1, 0.15) is 43.6 Å². The molecular formula is C28H38N4O5. The average Bonchev–Trinajstić information content (AvgIpc) is 2.86. The van der Waals surface area contributed by atoms with Gasteiger partial charge in [0.25, 0.3) is 5.91 Å². The van der Waals surface area contributed by atoms with Gasteiger partial charge in [-0.25, -0.2) is 4.79 Å². The van der Waals surface area contributed by atoms with E-state index in [9.17, 15) is 19.5 Å². The number of nitrogens with one attached hydrogen (secondary N) is 2. The van der Waals surface area contributed by atoms with Crippen molar-refractivity contribution < 1.29 is 24.2 Å². The number of likely N-dealkylation sites (N-methyl/N-ethyl adjacent to an activating group) is 1. The van der Waals surface area contributed by atoms with Crippen molar-refractivity contribution in [3.63, 3.8) is 0 Å². The molecule has 0 saturated carbocycles. The number of nitrogens with zero attached hydrogens (tertiary/aromatic N) is 2. The van der Waals surface area contributed by atoms with Gasteiger partial charge in [0.1, 0.15) is 11.9 Å². The van der Waals surface area contributed by atoms with E-state index in [1.807, 2.05) is 51.1 Å². The fourth-order valence-corrected chi connectivity index (χ4v) is 4.21. The van der Waals surface area contributed by atoms with Gasteiger partial charge >= 0.3 is 6.03 Å². The molecule has 200 valence electrons. The molecule has 9 nitrogen and oxygen atoms in total. The lowest BCUT2D eigenvalue weighted by Gasteiger charge is -2.38. The molecule has 0 radical (unpaired) electrons. The van der Waals surface area contributed by atoms with E-state index >= 15 is 0 Å². The molecule has 0 saturated heterocycles. The van der Waals surface area contributed by atoms with Crippen molar-refractivity contribution in [3.05, 3.63) is 59.7 Å². The second-order valence-corrected chi connectivity index (χ2v) is 10.0. The topological polar surface area (TPSA) is 111 Å². The highest BCUT2D eigenvalue weighted by atomic mass is 16.5. The van der Waals surface area contributed by atoms with Gasteiger partial charge in [0, 0.05) is 31.2 Å². The number of carbonyl (C=O) groups excluding carboxylic acids is 3. The van der Waals surface area contributed by atoms with E-state index in [2.05, 4.69) is 10.6 Å². The van der Waals surface area contributed by atoms with Crippen LogP contribution in [0, 0.1) is 5.92 Å². The summed E-state index contributed by atoms with van der Waals surface area (Å²) in [5.74, 6) is -0.233. The minimum absolute atomic E-state index is 0.000362. The Kier molecular flexibility index (Phi) is 9.52. The van der Waals surface area contributed by atoms with Gasteiger partial charge < -0.3 is 30.3 Å². The summed E-state index contributed by atoms with van der Waals surface area (Å²) in [4.78, 5) is 41.9. The van der Waals surface area contributed by atoms with Gasteiger partial charge in [-0.15, -0.1) is 0 Å². The molecule has 37 heavy (non-hydrogen) atoms. The first-order chi connectivity index (χ1) is 17.6. The smallest absolute Gasteiger partial charge is 0.317 e. The molecule has 0 spiro atoms. The zero-order chi connectivity index (χ0) is 27.1. The number of amides is 4. The molecular weight excluding hydrogens is 472 g/mol. The Hall–Kier alpha value is -3.59. The van der Waals surface area contributed by atoms with E-state index < -0.39 is 12.1 Å². The predicted molar refractivity (Wildman–Crippen MR) is 143 cm³/mol. The van der Waals surface area contributed by atoms with E-state index in [1.54, 1.807) is 42.0 Å². The molecule has 3 atom stereocenters. The number of ether oxygens (including phenoxy) is 1. The standard InChI is InChI=1S/C28H38N4O5/c1-18(2)29-28(36)31(5)16-25-19(3)15-32(20(4)17-33)27(35)23-14-22(11-12-24(23)37-25)30-26(34)13-21-9-7-6-8-10-21/h6-12,14,18-20,25,33H,13,15-17H2,1-5H3,(H,29,36)(H,30,34)/t19-,20-,25-/m1/s1. The largest absolute Gasteiger partial charge is 0.487 e. The summed E-state index contributed by atoms with van der Waals surface area (Å²) in [5.41, 5.74) is 1.66. The molecule has 1 heterocycles. The van der Waals surface area contributed by atoms with Gasteiger partial charge in [0.15, 0.2) is 0 Å². The van der Waals surface area contributed by atoms with Crippen LogP contribution < -0.4 is 15.4 Å². The van der Waals surface area contributed by atoms with E-state index in [4.69, 9.17) is 4.74 Å². The summed E-state index contributed by atoms with van der Waals surface area (Å²) in [7, 11) is 1.71. The Morgan fingerprint density at radius 2 is 1.86 bits per heavy atom. The molecule has 9 heteroatoms. The minimum atomic E-state index is -0.417. The molecule has 1 aliphatic rings. The zero-order valence-electron chi connectivity index (χ0n) is 22.2. The van der Waals surface area contributed by atoms with Crippen molar-refractivity contribution in [2.75, 3.05) is 32.1 Å². The highest BCUT2D eigenvalue weighted by molar-refractivity contribution is 6.00. The Morgan fingerprint density at radius 3 is 2.51 bits per heavy atom. The highest BCUT2D eigenvalue weighted by Crippen LogP contribution is 2.30. The molecule has 3 rings (SSSR count). The number of urea groups is 1. The number of aliphatic hydroxyl groups is 1. The maximum atomic E-state index is 13.6. The summed E-state index contributed by atoms with van der Waals surface area (Å²) in [5, 5.41) is 15.6. The van der Waals surface area contributed by atoms with E-state index in [0.29, 0.717) is 30.1 Å². The van der Waals surface area contributed by atoms with Crippen LogP contribution in [-0.4, -0.2) is 77.7 Å². The molecule has 1 aliphatic heterocycles. The van der Waals surface area contributed by atoms with Gasteiger partial charge in [-0.05, 0) is 44.5 Å². The molecule has 4 amide bonds. The molecule has 0 unspecified atom stereocenters. The lowest BCUT2D eigenvalue weighted by atomic mass is 9.99. The third kappa shape index (κ3) is 7.45. The fourth-order valence-electron chi connectivity index (χ4n) is 4.21. The lowest BCUT2D eigenvalue weighted by molar-refractivity contribution is -0.115. The summed E-state index contributed by atoms with van der Waals surface area (Å²) in [6.07, 6.45) is -0.192. The monoisotopic (exact) mass is 510 g/mol. The fraction of sp³-hybridized carbons (Fsp3) is 0.464. The molecule has 2 aromatic rings. The first kappa shape index (κ1) is 28.0. The number of carbonyl (C=O) groups is 3. The number of anilines is 1. The third-order valence-electron chi connectivity index (χ3n) is 6.37. The molecule has 0 aliphatic carbocycles. The number of fused-ring (bicyclic) bond motifs is 1. The Morgan fingerprint density at radius 1 is 1.16 bits per heavy atom. The van der Waals surface area contributed by atoms with E-state index in [0.717, 1.165) is 5.56 Å². The number of benzene rings is 2. The van der Waals surface area contributed by atoms with Crippen LogP contribution in [0.4, 0.5) is 10.5 Å². The summed E-state index contributed by atoms with van der Waals surface area (Å²) < 4.78 is 6.32. The summed E-state index contributed by atoms with van der Waals surface area (Å²) in [6, 6.07) is 13.8. The van der Waals surface area contributed by atoms with Gasteiger partial charge in [0.2, 0.25) is 5.91 Å². The van der Waals surface area contributed by atoms with Gasteiger partial charge in [-0.1, -0.05) is 37.3 Å². The third-order valence-corrected chi connectivity index (χ3v) is 6.37. The number of hydrogen-bond acceptors (Lipinski definition) is 5. The van der Waals surface area contributed by atoms with Crippen LogP contribution in [-0.2, 0) is 11.2 Å². The number of hydrogen-bond donors (Lipinski definition) is 3. The van der Waals surface area contributed by atoms with Crippen molar-refractivity contribution in [3.8, 4) is 5.75 Å². The van der Waals surface area contributed by atoms with E-state index in [-0.39, 0.29) is 42.8 Å². The maximum absolute atomic E-state index is 13.6. The zero-order valence-corrected chi connectivity index (χ0v) is 22.2. The number of aliphatic hydroxyl groups excluding tert-OH is 1. The van der Waals surface area contributed by atoms with Crippen molar-refractivity contribution in [1.29, 1.82) is 0 Å². The van der Waals surface area contributed by atoms with Crippen LogP contribution in [0.2, 0.25) is 0 Å². The molecule has 0 aromatic heterocycles. The molecule has 0 bridgehead atoms. The average molecular weight is 511 g/mol. The van der Waals surface area contributed by atoms with Crippen LogP contribution in [0.5, 0.6) is 5.75 Å². The van der Waals surface area contributed by atoms with Crippen molar-refractivity contribution >= 4 is 23.5 Å². The molecule has 2 aromatic carbocycles. The van der Waals surface area contributed by atoms with Gasteiger partial charge in [0.05, 0.1) is 31.2 Å². The summed E-state index contributed by atoms with van der Waals surface area (Å²) >= 11 is 0. The quantitative estimate of drug-likeness (QED) is 0.505. The van der Waals surface area contributed by atoms with Crippen LogP contribution in [0.3, 0.4) is 0 Å².